The number of para-hydroxylation sites is 1. The summed E-state index contributed by atoms with van der Waals surface area (Å²) in [5.74, 6) is -0.700. The third-order valence-electron chi connectivity index (χ3n) is 3.88. The highest BCUT2D eigenvalue weighted by atomic mass is 32.2. The molecule has 140 valence electrons. The van der Waals surface area contributed by atoms with E-state index in [2.05, 4.69) is 5.32 Å². The molecule has 0 radical (unpaired) electrons. The van der Waals surface area contributed by atoms with Crippen molar-refractivity contribution in [2.75, 3.05) is 22.4 Å². The van der Waals surface area contributed by atoms with Crippen LogP contribution in [0, 0.1) is 5.82 Å². The summed E-state index contributed by atoms with van der Waals surface area (Å²) in [5, 5.41) is 2.58. The minimum absolute atomic E-state index is 0.00369. The monoisotopic (exact) mass is 378 g/mol. The van der Waals surface area contributed by atoms with E-state index in [1.54, 1.807) is 18.2 Å². The lowest BCUT2D eigenvalue weighted by Crippen LogP contribution is -2.33. The van der Waals surface area contributed by atoms with Crippen molar-refractivity contribution in [1.82, 2.24) is 0 Å². The SMILES string of the molecule is CC(C)c1ccccc1N(CCC(=O)Nc1cccc(F)c1)S(C)(=O)=O. The van der Waals surface area contributed by atoms with E-state index in [-0.39, 0.29) is 24.8 Å². The van der Waals surface area contributed by atoms with Crippen molar-refractivity contribution in [2.24, 2.45) is 0 Å². The average Bonchev–Trinajstić information content (AvgIpc) is 2.54. The first-order valence-electron chi connectivity index (χ1n) is 8.30. The van der Waals surface area contributed by atoms with E-state index in [0.717, 1.165) is 11.8 Å². The molecule has 7 heteroatoms. The number of anilines is 2. The maximum atomic E-state index is 13.2. The molecule has 2 rings (SSSR count). The van der Waals surface area contributed by atoms with Gasteiger partial charge in [0.1, 0.15) is 5.82 Å². The largest absolute Gasteiger partial charge is 0.326 e. The third-order valence-corrected chi connectivity index (χ3v) is 5.06. The summed E-state index contributed by atoms with van der Waals surface area (Å²) in [7, 11) is -3.56. The van der Waals surface area contributed by atoms with Gasteiger partial charge in [-0.3, -0.25) is 9.10 Å². The number of hydrogen-bond donors (Lipinski definition) is 1. The van der Waals surface area contributed by atoms with Gasteiger partial charge in [0.05, 0.1) is 11.9 Å². The standard InChI is InChI=1S/C19H23FN2O3S/c1-14(2)17-9-4-5-10-18(17)22(26(3,24)25)12-11-19(23)21-16-8-6-7-15(20)13-16/h4-10,13-14H,11-12H2,1-3H3,(H,21,23). The van der Waals surface area contributed by atoms with Crippen molar-refractivity contribution in [3.8, 4) is 0 Å². The second-order valence-corrected chi connectivity index (χ2v) is 8.26. The van der Waals surface area contributed by atoms with E-state index < -0.39 is 15.8 Å². The number of amides is 1. The summed E-state index contributed by atoms with van der Waals surface area (Å²) in [5.41, 5.74) is 1.80. The molecule has 0 unspecified atom stereocenters. The number of hydrogen-bond acceptors (Lipinski definition) is 3. The Morgan fingerprint density at radius 1 is 1.15 bits per heavy atom. The van der Waals surface area contributed by atoms with E-state index in [4.69, 9.17) is 0 Å². The summed E-state index contributed by atoms with van der Waals surface area (Å²) in [6, 6.07) is 12.8. The molecule has 2 aromatic carbocycles. The molecule has 0 aliphatic carbocycles. The van der Waals surface area contributed by atoms with Crippen LogP contribution < -0.4 is 9.62 Å². The molecule has 2 aromatic rings. The van der Waals surface area contributed by atoms with Crippen molar-refractivity contribution in [3.63, 3.8) is 0 Å². The normalized spacial score (nSPS) is 11.4. The highest BCUT2D eigenvalue weighted by molar-refractivity contribution is 7.92. The number of carbonyl (C=O) groups excluding carboxylic acids is 1. The number of rotatable bonds is 7. The predicted molar refractivity (Wildman–Crippen MR) is 102 cm³/mol. The van der Waals surface area contributed by atoms with E-state index in [9.17, 15) is 17.6 Å². The van der Waals surface area contributed by atoms with Gasteiger partial charge < -0.3 is 5.32 Å². The zero-order valence-corrected chi connectivity index (χ0v) is 15.9. The van der Waals surface area contributed by atoms with Crippen molar-refractivity contribution in [2.45, 2.75) is 26.2 Å². The Morgan fingerprint density at radius 3 is 2.46 bits per heavy atom. The summed E-state index contributed by atoms with van der Waals surface area (Å²) in [6.45, 7) is 3.97. The van der Waals surface area contributed by atoms with E-state index in [1.807, 2.05) is 26.0 Å². The number of carbonyl (C=O) groups is 1. The smallest absolute Gasteiger partial charge is 0.232 e. The van der Waals surface area contributed by atoms with Gasteiger partial charge in [0, 0.05) is 18.7 Å². The predicted octanol–water partition coefficient (Wildman–Crippen LogP) is 3.74. The van der Waals surface area contributed by atoms with Gasteiger partial charge in [-0.05, 0) is 35.7 Å². The number of sulfonamides is 1. The van der Waals surface area contributed by atoms with Crippen LogP contribution >= 0.6 is 0 Å². The molecule has 0 bridgehead atoms. The van der Waals surface area contributed by atoms with Crippen molar-refractivity contribution in [3.05, 3.63) is 59.9 Å². The first-order chi connectivity index (χ1) is 12.2. The third kappa shape index (κ3) is 5.29. The summed E-state index contributed by atoms with van der Waals surface area (Å²) < 4.78 is 39.0. The molecule has 0 saturated carbocycles. The molecule has 1 N–H and O–H groups in total. The lowest BCUT2D eigenvalue weighted by molar-refractivity contribution is -0.116. The van der Waals surface area contributed by atoms with Crippen LogP contribution in [-0.2, 0) is 14.8 Å². The molecule has 5 nitrogen and oxygen atoms in total. The molecule has 1 amide bonds. The molecular weight excluding hydrogens is 355 g/mol. The van der Waals surface area contributed by atoms with Crippen LogP contribution in [0.4, 0.5) is 15.8 Å². The maximum absolute atomic E-state index is 13.2. The maximum Gasteiger partial charge on any atom is 0.232 e. The minimum Gasteiger partial charge on any atom is -0.326 e. The van der Waals surface area contributed by atoms with Gasteiger partial charge in [0.25, 0.3) is 0 Å². The van der Waals surface area contributed by atoms with E-state index >= 15 is 0 Å². The molecule has 0 spiro atoms. The van der Waals surface area contributed by atoms with Crippen LogP contribution in [0.2, 0.25) is 0 Å². The van der Waals surface area contributed by atoms with Gasteiger partial charge in [-0.2, -0.15) is 0 Å². The number of halogens is 1. The Bertz CT molecular complexity index is 882. The minimum atomic E-state index is -3.56. The number of nitrogens with zero attached hydrogens (tertiary/aromatic N) is 1. The highest BCUT2D eigenvalue weighted by Gasteiger charge is 2.22. The Balaban J connectivity index is 2.16. The fourth-order valence-corrected chi connectivity index (χ4v) is 3.61. The Morgan fingerprint density at radius 2 is 1.85 bits per heavy atom. The van der Waals surface area contributed by atoms with Crippen LogP contribution in [-0.4, -0.2) is 27.1 Å². The quantitative estimate of drug-likeness (QED) is 0.798. The number of benzene rings is 2. The molecule has 0 aliphatic rings. The first kappa shape index (κ1) is 19.9. The topological polar surface area (TPSA) is 66.5 Å². The molecule has 0 aromatic heterocycles. The highest BCUT2D eigenvalue weighted by Crippen LogP contribution is 2.29. The van der Waals surface area contributed by atoms with E-state index in [1.165, 1.54) is 22.5 Å². The summed E-state index contributed by atoms with van der Waals surface area (Å²) in [6.07, 6.45) is 1.07. The lowest BCUT2D eigenvalue weighted by Gasteiger charge is -2.26. The van der Waals surface area contributed by atoms with Gasteiger partial charge in [0.2, 0.25) is 15.9 Å². The van der Waals surface area contributed by atoms with Crippen LogP contribution in [0.5, 0.6) is 0 Å². The van der Waals surface area contributed by atoms with Crippen LogP contribution in [0.25, 0.3) is 0 Å². The van der Waals surface area contributed by atoms with Crippen molar-refractivity contribution < 1.29 is 17.6 Å². The summed E-state index contributed by atoms with van der Waals surface area (Å²) >= 11 is 0. The molecule has 0 heterocycles. The fraction of sp³-hybridized carbons (Fsp3) is 0.316. The second kappa shape index (κ2) is 8.31. The van der Waals surface area contributed by atoms with Gasteiger partial charge >= 0.3 is 0 Å². The Kier molecular flexibility index (Phi) is 6.37. The average molecular weight is 378 g/mol. The fourth-order valence-electron chi connectivity index (χ4n) is 2.66. The zero-order chi connectivity index (χ0) is 19.3. The Hall–Kier alpha value is -2.41. The van der Waals surface area contributed by atoms with Gasteiger partial charge in [-0.15, -0.1) is 0 Å². The Labute approximate surface area is 153 Å². The zero-order valence-electron chi connectivity index (χ0n) is 15.1. The molecule has 0 fully saturated rings. The second-order valence-electron chi connectivity index (χ2n) is 6.36. The van der Waals surface area contributed by atoms with Crippen molar-refractivity contribution in [1.29, 1.82) is 0 Å². The summed E-state index contributed by atoms with van der Waals surface area (Å²) in [4.78, 5) is 12.2. The lowest BCUT2D eigenvalue weighted by atomic mass is 10.0. The molecule has 0 saturated heterocycles. The molecular formula is C19H23FN2O3S. The van der Waals surface area contributed by atoms with Crippen molar-refractivity contribution >= 4 is 27.3 Å². The molecule has 26 heavy (non-hydrogen) atoms. The van der Waals surface area contributed by atoms with Crippen LogP contribution in [0.1, 0.15) is 31.7 Å². The molecule has 0 aliphatic heterocycles. The van der Waals surface area contributed by atoms with E-state index in [0.29, 0.717) is 11.4 Å². The van der Waals surface area contributed by atoms with Gasteiger partial charge in [-0.25, -0.2) is 12.8 Å². The molecule has 0 atom stereocenters. The number of nitrogens with one attached hydrogen (secondary N) is 1. The first-order valence-corrected chi connectivity index (χ1v) is 10.2. The van der Waals surface area contributed by atoms with Gasteiger partial charge in [-0.1, -0.05) is 38.1 Å². The van der Waals surface area contributed by atoms with Crippen LogP contribution in [0.15, 0.2) is 48.5 Å². The van der Waals surface area contributed by atoms with Crippen LogP contribution in [0.3, 0.4) is 0 Å². The van der Waals surface area contributed by atoms with Gasteiger partial charge in [0.15, 0.2) is 0 Å².